The first-order valence-corrected chi connectivity index (χ1v) is 5.67. The highest BCUT2D eigenvalue weighted by molar-refractivity contribution is 5.31. The number of halogens is 3. The molecule has 2 unspecified atom stereocenters. The summed E-state index contributed by atoms with van der Waals surface area (Å²) in [4.78, 5) is 0. The van der Waals surface area contributed by atoms with Gasteiger partial charge in [0.1, 0.15) is 0 Å². The molecule has 1 aliphatic carbocycles. The zero-order chi connectivity index (χ0) is 12.7. The van der Waals surface area contributed by atoms with Crippen molar-refractivity contribution < 1.29 is 18.3 Å². The van der Waals surface area contributed by atoms with E-state index >= 15 is 0 Å². The van der Waals surface area contributed by atoms with Crippen molar-refractivity contribution in [3.05, 3.63) is 35.4 Å². The molecule has 1 saturated carbocycles. The number of alkyl halides is 3. The Kier molecular flexibility index (Phi) is 2.94. The SMILES string of the molecule is CC1(c2ccc(C(F)(F)F)cc2)CCC(O)C1. The van der Waals surface area contributed by atoms with E-state index in [1.165, 1.54) is 12.1 Å². The third-order valence-electron chi connectivity index (χ3n) is 3.62. The quantitative estimate of drug-likeness (QED) is 0.801. The molecule has 4 heteroatoms. The van der Waals surface area contributed by atoms with Crippen molar-refractivity contribution in [3.8, 4) is 0 Å². The summed E-state index contributed by atoms with van der Waals surface area (Å²) in [7, 11) is 0. The number of hydrogen-bond donors (Lipinski definition) is 1. The monoisotopic (exact) mass is 244 g/mol. The Morgan fingerprint density at radius 1 is 1.24 bits per heavy atom. The van der Waals surface area contributed by atoms with Gasteiger partial charge >= 0.3 is 6.18 Å². The fourth-order valence-electron chi connectivity index (χ4n) is 2.53. The predicted octanol–water partition coefficient (Wildman–Crippen LogP) is 3.51. The first kappa shape index (κ1) is 12.4. The van der Waals surface area contributed by atoms with Crippen LogP contribution in [-0.2, 0) is 11.6 Å². The van der Waals surface area contributed by atoms with Crippen molar-refractivity contribution in [2.75, 3.05) is 0 Å². The van der Waals surface area contributed by atoms with Crippen LogP contribution in [0.5, 0.6) is 0 Å². The lowest BCUT2D eigenvalue weighted by atomic mass is 9.80. The molecule has 1 nitrogen and oxygen atoms in total. The fraction of sp³-hybridized carbons (Fsp3) is 0.538. The molecule has 17 heavy (non-hydrogen) atoms. The minimum absolute atomic E-state index is 0.191. The fourth-order valence-corrected chi connectivity index (χ4v) is 2.53. The average molecular weight is 244 g/mol. The predicted molar refractivity (Wildman–Crippen MR) is 58.7 cm³/mol. The molecule has 1 N–H and O–H groups in total. The third-order valence-corrected chi connectivity index (χ3v) is 3.62. The first-order valence-electron chi connectivity index (χ1n) is 5.67. The van der Waals surface area contributed by atoms with Crippen LogP contribution in [0.1, 0.15) is 37.3 Å². The standard InChI is InChI=1S/C13H15F3O/c1-12(7-6-11(17)8-12)9-2-4-10(5-3-9)13(14,15)16/h2-5,11,17H,6-8H2,1H3. The Morgan fingerprint density at radius 3 is 2.24 bits per heavy atom. The zero-order valence-electron chi connectivity index (χ0n) is 9.59. The van der Waals surface area contributed by atoms with E-state index in [9.17, 15) is 18.3 Å². The summed E-state index contributed by atoms with van der Waals surface area (Å²) in [6.07, 6.45) is -2.45. The van der Waals surface area contributed by atoms with Gasteiger partial charge in [-0.2, -0.15) is 13.2 Å². The lowest BCUT2D eigenvalue weighted by Crippen LogP contribution is -2.19. The normalized spacial score (nSPS) is 29.6. The van der Waals surface area contributed by atoms with Crippen molar-refractivity contribution in [1.29, 1.82) is 0 Å². The summed E-state index contributed by atoms with van der Waals surface area (Å²) in [5.74, 6) is 0. The summed E-state index contributed by atoms with van der Waals surface area (Å²) in [6.45, 7) is 1.99. The molecule has 0 amide bonds. The summed E-state index contributed by atoms with van der Waals surface area (Å²) < 4.78 is 37.2. The molecule has 2 rings (SSSR count). The molecule has 0 aromatic heterocycles. The van der Waals surface area contributed by atoms with Crippen LogP contribution in [0, 0.1) is 0 Å². The van der Waals surface area contributed by atoms with Crippen LogP contribution in [0.25, 0.3) is 0 Å². The molecule has 0 saturated heterocycles. The van der Waals surface area contributed by atoms with E-state index in [1.54, 1.807) is 0 Å². The lowest BCUT2D eigenvalue weighted by Gasteiger charge is -2.24. The van der Waals surface area contributed by atoms with Crippen molar-refractivity contribution in [3.63, 3.8) is 0 Å². The molecule has 0 spiro atoms. The minimum Gasteiger partial charge on any atom is -0.393 e. The van der Waals surface area contributed by atoms with E-state index in [0.717, 1.165) is 30.5 Å². The summed E-state index contributed by atoms with van der Waals surface area (Å²) >= 11 is 0. The molecule has 0 bridgehead atoms. The second kappa shape index (κ2) is 4.02. The molecule has 0 heterocycles. The highest BCUT2D eigenvalue weighted by Crippen LogP contribution is 2.41. The van der Waals surface area contributed by atoms with E-state index in [1.807, 2.05) is 6.92 Å². The van der Waals surface area contributed by atoms with Crippen LogP contribution < -0.4 is 0 Å². The van der Waals surface area contributed by atoms with Gasteiger partial charge in [-0.25, -0.2) is 0 Å². The van der Waals surface area contributed by atoms with Crippen molar-refractivity contribution >= 4 is 0 Å². The topological polar surface area (TPSA) is 20.2 Å². The molecule has 0 aliphatic heterocycles. The number of aliphatic hydroxyl groups excluding tert-OH is 1. The second-order valence-electron chi connectivity index (χ2n) is 5.03. The van der Waals surface area contributed by atoms with Crippen molar-refractivity contribution in [2.45, 2.75) is 43.9 Å². The minimum atomic E-state index is -4.28. The summed E-state index contributed by atoms with van der Waals surface area (Å²) in [6, 6.07) is 5.29. The molecule has 1 aliphatic rings. The molecule has 0 radical (unpaired) electrons. The summed E-state index contributed by atoms with van der Waals surface area (Å²) in [5, 5.41) is 9.53. The van der Waals surface area contributed by atoms with Gasteiger partial charge in [0.25, 0.3) is 0 Å². The van der Waals surface area contributed by atoms with Crippen molar-refractivity contribution in [2.24, 2.45) is 0 Å². The van der Waals surface area contributed by atoms with Crippen molar-refractivity contribution in [1.82, 2.24) is 0 Å². The summed E-state index contributed by atoms with van der Waals surface area (Å²) in [5.41, 5.74) is 0.0641. The molecular formula is C13H15F3O. The number of hydrogen-bond acceptors (Lipinski definition) is 1. The van der Waals surface area contributed by atoms with E-state index in [2.05, 4.69) is 0 Å². The molecule has 1 aromatic carbocycles. The Morgan fingerprint density at radius 2 is 1.82 bits per heavy atom. The van der Waals surface area contributed by atoms with E-state index in [4.69, 9.17) is 0 Å². The van der Waals surface area contributed by atoms with E-state index < -0.39 is 11.7 Å². The Bertz CT molecular complexity index is 396. The van der Waals surface area contributed by atoms with Gasteiger partial charge in [-0.15, -0.1) is 0 Å². The lowest BCUT2D eigenvalue weighted by molar-refractivity contribution is -0.137. The van der Waals surface area contributed by atoms with Gasteiger partial charge in [0.05, 0.1) is 11.7 Å². The molecule has 1 aromatic rings. The second-order valence-corrected chi connectivity index (χ2v) is 5.03. The van der Waals surface area contributed by atoms with Gasteiger partial charge in [0, 0.05) is 0 Å². The average Bonchev–Trinajstić information content (AvgIpc) is 2.59. The van der Waals surface area contributed by atoms with Gasteiger partial charge in [0.15, 0.2) is 0 Å². The molecular weight excluding hydrogens is 229 g/mol. The largest absolute Gasteiger partial charge is 0.416 e. The molecule has 1 fully saturated rings. The zero-order valence-corrected chi connectivity index (χ0v) is 9.59. The van der Waals surface area contributed by atoms with Gasteiger partial charge in [-0.3, -0.25) is 0 Å². The van der Waals surface area contributed by atoms with Crippen LogP contribution in [0.3, 0.4) is 0 Å². The number of aliphatic hydroxyl groups is 1. The smallest absolute Gasteiger partial charge is 0.393 e. The molecule has 94 valence electrons. The third kappa shape index (κ3) is 2.46. The van der Waals surface area contributed by atoms with Gasteiger partial charge < -0.3 is 5.11 Å². The number of benzene rings is 1. The van der Waals surface area contributed by atoms with E-state index in [0.29, 0.717) is 6.42 Å². The Hall–Kier alpha value is -1.03. The maximum Gasteiger partial charge on any atom is 0.416 e. The number of rotatable bonds is 1. The van der Waals surface area contributed by atoms with Crippen LogP contribution in [-0.4, -0.2) is 11.2 Å². The van der Waals surface area contributed by atoms with Crippen LogP contribution in [0.2, 0.25) is 0 Å². The van der Waals surface area contributed by atoms with Crippen LogP contribution in [0.15, 0.2) is 24.3 Å². The van der Waals surface area contributed by atoms with E-state index in [-0.39, 0.29) is 11.5 Å². The highest BCUT2D eigenvalue weighted by Gasteiger charge is 2.36. The van der Waals surface area contributed by atoms with Crippen LogP contribution in [0.4, 0.5) is 13.2 Å². The van der Waals surface area contributed by atoms with Gasteiger partial charge in [-0.05, 0) is 42.4 Å². The maximum atomic E-state index is 12.4. The highest BCUT2D eigenvalue weighted by atomic mass is 19.4. The van der Waals surface area contributed by atoms with Gasteiger partial charge in [0.2, 0.25) is 0 Å². The Labute approximate surface area is 98.3 Å². The van der Waals surface area contributed by atoms with Gasteiger partial charge in [-0.1, -0.05) is 19.1 Å². The Balaban J connectivity index is 2.24. The first-order chi connectivity index (χ1) is 7.81. The molecule has 2 atom stereocenters. The maximum absolute atomic E-state index is 12.4. The van der Waals surface area contributed by atoms with Crippen LogP contribution >= 0.6 is 0 Å².